The molecule has 0 aliphatic carbocycles. The highest BCUT2D eigenvalue weighted by Crippen LogP contribution is 1.91. The zero-order valence-corrected chi connectivity index (χ0v) is 6.27. The topological polar surface area (TPSA) is 32.9 Å². The lowest BCUT2D eigenvalue weighted by atomic mass is 10.2. The predicted octanol–water partition coefficient (Wildman–Crippen LogP) is 1.25. The van der Waals surface area contributed by atoms with E-state index in [2.05, 4.69) is 4.98 Å². The predicted molar refractivity (Wildman–Crippen MR) is 41.2 cm³/mol. The fourth-order valence-electron chi connectivity index (χ4n) is 0.914. The smallest absolute Gasteiger partial charge is 0.187 e. The number of hydrogen-bond acceptors (Lipinski definition) is 1. The first-order valence-electron chi connectivity index (χ1n) is 3.42. The van der Waals surface area contributed by atoms with Crippen molar-refractivity contribution in [2.45, 2.75) is 20.3 Å². The molecule has 0 aromatic carbocycles. The van der Waals surface area contributed by atoms with Gasteiger partial charge >= 0.3 is 0 Å². The summed E-state index contributed by atoms with van der Waals surface area (Å²) in [7, 11) is 0. The Kier molecular flexibility index (Phi) is 1.90. The van der Waals surface area contributed by atoms with E-state index in [1.165, 1.54) is 0 Å². The average molecular weight is 137 g/mol. The Morgan fingerprint density at radius 3 is 2.70 bits per heavy atom. The molecular formula is C8H11NO. The molecule has 0 spiro atoms. The standard InChI is InChI=1S/C8H11NO/c1-3-7-5-9-4-6(2)8(7)10/h4-5H,3H2,1-2H3,(H,9,10). The third-order valence-corrected chi connectivity index (χ3v) is 1.59. The van der Waals surface area contributed by atoms with E-state index in [9.17, 15) is 4.79 Å². The molecule has 2 heteroatoms. The minimum atomic E-state index is 0.168. The van der Waals surface area contributed by atoms with Crippen molar-refractivity contribution in [3.8, 4) is 0 Å². The molecule has 1 aromatic rings. The summed E-state index contributed by atoms with van der Waals surface area (Å²) in [4.78, 5) is 14.1. The fourth-order valence-corrected chi connectivity index (χ4v) is 0.914. The molecule has 0 saturated carbocycles. The summed E-state index contributed by atoms with van der Waals surface area (Å²) >= 11 is 0. The first-order valence-corrected chi connectivity index (χ1v) is 3.42. The second-order valence-electron chi connectivity index (χ2n) is 2.35. The molecule has 0 unspecified atom stereocenters. The van der Waals surface area contributed by atoms with Gasteiger partial charge in [0.15, 0.2) is 5.43 Å². The number of aromatic nitrogens is 1. The number of rotatable bonds is 1. The lowest BCUT2D eigenvalue weighted by Crippen LogP contribution is -2.10. The number of aryl methyl sites for hydroxylation is 2. The van der Waals surface area contributed by atoms with E-state index in [-0.39, 0.29) is 5.43 Å². The van der Waals surface area contributed by atoms with Crippen LogP contribution in [0.3, 0.4) is 0 Å². The fraction of sp³-hybridized carbons (Fsp3) is 0.375. The highest BCUT2D eigenvalue weighted by Gasteiger charge is 1.96. The number of aromatic amines is 1. The van der Waals surface area contributed by atoms with Crippen LogP contribution in [0, 0.1) is 6.92 Å². The molecule has 10 heavy (non-hydrogen) atoms. The largest absolute Gasteiger partial charge is 0.367 e. The highest BCUT2D eigenvalue weighted by atomic mass is 16.1. The Morgan fingerprint density at radius 2 is 2.20 bits per heavy atom. The zero-order chi connectivity index (χ0) is 7.56. The highest BCUT2D eigenvalue weighted by molar-refractivity contribution is 5.16. The first kappa shape index (κ1) is 7.06. The molecule has 54 valence electrons. The van der Waals surface area contributed by atoms with Crippen molar-refractivity contribution < 1.29 is 0 Å². The normalized spacial score (nSPS) is 9.80. The van der Waals surface area contributed by atoms with Crippen LogP contribution in [0.1, 0.15) is 18.1 Å². The molecule has 0 amide bonds. The van der Waals surface area contributed by atoms with Crippen LogP contribution in [0.4, 0.5) is 0 Å². The Labute approximate surface area is 59.9 Å². The van der Waals surface area contributed by atoms with E-state index < -0.39 is 0 Å². The average Bonchev–Trinajstić information content (AvgIpc) is 1.95. The van der Waals surface area contributed by atoms with Crippen molar-refractivity contribution >= 4 is 0 Å². The quantitative estimate of drug-likeness (QED) is 0.620. The Hall–Kier alpha value is -1.05. The second kappa shape index (κ2) is 2.69. The molecular weight excluding hydrogens is 126 g/mol. The molecule has 1 N–H and O–H groups in total. The number of H-pyrrole nitrogens is 1. The molecule has 0 aliphatic heterocycles. The van der Waals surface area contributed by atoms with Crippen molar-refractivity contribution in [2.24, 2.45) is 0 Å². The third kappa shape index (κ3) is 1.10. The number of pyridine rings is 1. The van der Waals surface area contributed by atoms with E-state index >= 15 is 0 Å². The van der Waals surface area contributed by atoms with Gasteiger partial charge in [0.2, 0.25) is 0 Å². The molecule has 0 aliphatic rings. The molecule has 0 radical (unpaired) electrons. The van der Waals surface area contributed by atoms with Crippen LogP contribution in [0.5, 0.6) is 0 Å². The summed E-state index contributed by atoms with van der Waals surface area (Å²) in [5, 5.41) is 0. The number of nitrogens with one attached hydrogen (secondary N) is 1. The van der Waals surface area contributed by atoms with Crippen molar-refractivity contribution in [2.75, 3.05) is 0 Å². The Balaban J connectivity index is 3.28. The Morgan fingerprint density at radius 1 is 1.50 bits per heavy atom. The lowest BCUT2D eigenvalue weighted by Gasteiger charge is -1.94. The van der Waals surface area contributed by atoms with Gasteiger partial charge in [0.05, 0.1) is 0 Å². The minimum absolute atomic E-state index is 0.168. The van der Waals surface area contributed by atoms with Gasteiger partial charge in [-0.05, 0) is 13.3 Å². The van der Waals surface area contributed by atoms with Gasteiger partial charge in [0.25, 0.3) is 0 Å². The summed E-state index contributed by atoms with van der Waals surface area (Å²) in [6.07, 6.45) is 4.29. The number of hydrogen-bond donors (Lipinski definition) is 1. The maximum absolute atomic E-state index is 11.2. The second-order valence-corrected chi connectivity index (χ2v) is 2.35. The van der Waals surface area contributed by atoms with Crippen LogP contribution in [0.15, 0.2) is 17.2 Å². The van der Waals surface area contributed by atoms with Gasteiger partial charge < -0.3 is 4.98 Å². The van der Waals surface area contributed by atoms with Crippen molar-refractivity contribution in [3.63, 3.8) is 0 Å². The van der Waals surface area contributed by atoms with Gasteiger partial charge in [-0.15, -0.1) is 0 Å². The first-order chi connectivity index (χ1) is 4.75. The van der Waals surface area contributed by atoms with E-state index in [4.69, 9.17) is 0 Å². The molecule has 2 nitrogen and oxygen atoms in total. The maximum atomic E-state index is 11.2. The molecule has 0 atom stereocenters. The summed E-state index contributed by atoms with van der Waals surface area (Å²) in [5.74, 6) is 0. The van der Waals surface area contributed by atoms with Gasteiger partial charge in [-0.3, -0.25) is 4.79 Å². The third-order valence-electron chi connectivity index (χ3n) is 1.59. The molecule has 1 aromatic heterocycles. The van der Waals surface area contributed by atoms with Gasteiger partial charge in [0, 0.05) is 23.5 Å². The summed E-state index contributed by atoms with van der Waals surface area (Å²) in [6, 6.07) is 0. The van der Waals surface area contributed by atoms with E-state index in [1.54, 1.807) is 12.4 Å². The summed E-state index contributed by atoms with van der Waals surface area (Å²) < 4.78 is 0. The lowest BCUT2D eigenvalue weighted by molar-refractivity contribution is 1.06. The SMILES string of the molecule is CCc1c[nH]cc(C)c1=O. The molecule has 1 heterocycles. The van der Waals surface area contributed by atoms with Crippen LogP contribution in [0.25, 0.3) is 0 Å². The molecule has 0 saturated heterocycles. The van der Waals surface area contributed by atoms with Crippen molar-refractivity contribution in [1.82, 2.24) is 4.98 Å². The van der Waals surface area contributed by atoms with Crippen LogP contribution in [-0.2, 0) is 6.42 Å². The Bertz CT molecular complexity index is 275. The summed E-state index contributed by atoms with van der Waals surface area (Å²) in [5.41, 5.74) is 1.82. The molecule has 0 fully saturated rings. The zero-order valence-electron chi connectivity index (χ0n) is 6.27. The monoisotopic (exact) mass is 137 g/mol. The molecule has 1 rings (SSSR count). The van der Waals surface area contributed by atoms with Crippen LogP contribution < -0.4 is 5.43 Å². The van der Waals surface area contributed by atoms with E-state index in [0.717, 1.165) is 17.5 Å². The van der Waals surface area contributed by atoms with Crippen LogP contribution in [-0.4, -0.2) is 4.98 Å². The van der Waals surface area contributed by atoms with Gasteiger partial charge in [-0.25, -0.2) is 0 Å². The van der Waals surface area contributed by atoms with Crippen LogP contribution in [0.2, 0.25) is 0 Å². The van der Waals surface area contributed by atoms with Crippen molar-refractivity contribution in [1.29, 1.82) is 0 Å². The maximum Gasteiger partial charge on any atom is 0.187 e. The van der Waals surface area contributed by atoms with Gasteiger partial charge in [-0.1, -0.05) is 6.92 Å². The minimum Gasteiger partial charge on any atom is -0.367 e. The van der Waals surface area contributed by atoms with Crippen molar-refractivity contribution in [3.05, 3.63) is 33.7 Å². The van der Waals surface area contributed by atoms with Gasteiger partial charge in [-0.2, -0.15) is 0 Å². The molecule has 0 bridgehead atoms. The van der Waals surface area contributed by atoms with E-state index in [0.29, 0.717) is 0 Å². The van der Waals surface area contributed by atoms with E-state index in [1.807, 2.05) is 13.8 Å². The van der Waals surface area contributed by atoms with Gasteiger partial charge in [0.1, 0.15) is 0 Å². The van der Waals surface area contributed by atoms with Crippen LogP contribution >= 0.6 is 0 Å². The summed E-state index contributed by atoms with van der Waals surface area (Å²) in [6.45, 7) is 3.79.